The van der Waals surface area contributed by atoms with Gasteiger partial charge in [0.05, 0.1) is 0 Å². The monoisotopic (exact) mass is 268 g/mol. The smallest absolute Gasteiger partial charge is 0.209 e. The lowest BCUT2D eigenvalue weighted by atomic mass is 10.8. The summed E-state index contributed by atoms with van der Waals surface area (Å²) in [5, 5.41) is 27.5. The lowest BCUT2D eigenvalue weighted by molar-refractivity contribution is 0.650. The highest BCUT2D eigenvalue weighted by Crippen LogP contribution is 1.68. The van der Waals surface area contributed by atoms with Crippen LogP contribution in [-0.2, 0) is 0 Å². The van der Waals surface area contributed by atoms with Gasteiger partial charge in [-0.15, -0.1) is 4.99 Å². The van der Waals surface area contributed by atoms with Gasteiger partial charge < -0.3 is 28.3 Å². The molecule has 0 aromatic heterocycles. The molecule has 12 heteroatoms. The van der Waals surface area contributed by atoms with Crippen molar-refractivity contribution in [2.24, 2.45) is 38.7 Å². The van der Waals surface area contributed by atoms with E-state index in [-0.39, 0.29) is 11.9 Å². The lowest BCUT2D eigenvalue weighted by Gasteiger charge is -2.00. The molecular formula is C7H16N12. The van der Waals surface area contributed by atoms with E-state index in [4.69, 9.17) is 44.5 Å². The molecule has 0 amide bonds. The largest absolute Gasteiger partial charge is 0.370 e. The summed E-state index contributed by atoms with van der Waals surface area (Å²) in [6, 6.07) is 0. The maximum Gasteiger partial charge on any atom is 0.209 e. The van der Waals surface area contributed by atoms with Crippen LogP contribution < -0.4 is 39.3 Å². The Bertz CT molecular complexity index is 382. The van der Waals surface area contributed by atoms with E-state index in [0.717, 1.165) is 0 Å². The van der Waals surface area contributed by atoms with E-state index in [9.17, 15) is 0 Å². The summed E-state index contributed by atoms with van der Waals surface area (Å²) < 4.78 is 0. The van der Waals surface area contributed by atoms with Gasteiger partial charge in [0.25, 0.3) is 0 Å². The Balaban J connectivity index is -0.000000222. The first-order valence-corrected chi connectivity index (χ1v) is 4.38. The summed E-state index contributed by atoms with van der Waals surface area (Å²) in [5.41, 5.74) is 24.4. The molecule has 0 radical (unpaired) electrons. The van der Waals surface area contributed by atoms with Crippen LogP contribution in [0.1, 0.15) is 0 Å². The molecule has 0 aromatic rings. The van der Waals surface area contributed by atoms with Crippen molar-refractivity contribution in [3.8, 4) is 18.6 Å². The van der Waals surface area contributed by atoms with Crippen LogP contribution >= 0.6 is 0 Å². The molecule has 0 fully saturated rings. The van der Waals surface area contributed by atoms with Crippen LogP contribution in [0, 0.1) is 34.4 Å². The molecule has 1 atom stereocenters. The zero-order chi connectivity index (χ0) is 15.7. The van der Waals surface area contributed by atoms with Crippen molar-refractivity contribution in [1.82, 2.24) is 10.6 Å². The normalized spacial score (nSPS) is 7.95. The van der Waals surface area contributed by atoms with Gasteiger partial charge in [-0.1, -0.05) is 0 Å². The van der Waals surface area contributed by atoms with Crippen molar-refractivity contribution in [1.29, 1.82) is 15.8 Å². The van der Waals surface area contributed by atoms with Crippen molar-refractivity contribution < 1.29 is 0 Å². The molecule has 1 unspecified atom stereocenters. The highest BCUT2D eigenvalue weighted by atomic mass is 15.2. The number of rotatable bonds is 2. The number of nitrogens with two attached hydrogens (primary N) is 5. The van der Waals surface area contributed by atoms with E-state index < -0.39 is 6.29 Å². The van der Waals surface area contributed by atoms with Crippen molar-refractivity contribution in [3.05, 3.63) is 0 Å². The maximum atomic E-state index is 7.96. The van der Waals surface area contributed by atoms with Crippen molar-refractivity contribution in [3.63, 3.8) is 0 Å². The van der Waals surface area contributed by atoms with Crippen LogP contribution in [0.3, 0.4) is 0 Å². The molecule has 19 heavy (non-hydrogen) atoms. The van der Waals surface area contributed by atoms with Gasteiger partial charge in [-0.3, -0.25) is 11.1 Å². The Kier molecular flexibility index (Phi) is 18.7. The number of nitrogens with zero attached hydrogens (tertiary/aromatic N) is 5. The van der Waals surface area contributed by atoms with Crippen molar-refractivity contribution in [2.45, 2.75) is 6.29 Å². The molecule has 0 rings (SSSR count). The molecule has 0 saturated carbocycles. The molecule has 0 saturated heterocycles. The summed E-state index contributed by atoms with van der Waals surface area (Å²) in [4.78, 5) is 6.29. The summed E-state index contributed by atoms with van der Waals surface area (Å²) in [5.74, 6) is -0.345. The molecule has 0 aromatic carbocycles. The number of guanidine groups is 2. The molecule has 0 aliphatic rings. The molecular weight excluding hydrogens is 252 g/mol. The van der Waals surface area contributed by atoms with E-state index in [1.165, 1.54) is 6.19 Å². The molecule has 0 aliphatic carbocycles. The van der Waals surface area contributed by atoms with Crippen LogP contribution in [-0.4, -0.2) is 25.3 Å². The average molecular weight is 268 g/mol. The van der Waals surface area contributed by atoms with Crippen LogP contribution in [0.25, 0.3) is 0 Å². The second-order valence-electron chi connectivity index (χ2n) is 2.25. The third kappa shape index (κ3) is 40.2. The zero-order valence-electron chi connectivity index (χ0n) is 10.2. The number of hydrogen-bond acceptors (Lipinski definition) is 8. The summed E-state index contributed by atoms with van der Waals surface area (Å²) >= 11 is 0. The van der Waals surface area contributed by atoms with Gasteiger partial charge in [0.15, 0.2) is 24.6 Å². The molecule has 0 heterocycles. The summed E-state index contributed by atoms with van der Waals surface area (Å²) in [6.45, 7) is 0. The molecule has 104 valence electrons. The van der Waals surface area contributed by atoms with Gasteiger partial charge in [0.1, 0.15) is 0 Å². The van der Waals surface area contributed by atoms with E-state index in [2.05, 4.69) is 20.6 Å². The molecule has 12 nitrogen and oxygen atoms in total. The first-order valence-electron chi connectivity index (χ1n) is 4.38. The first kappa shape index (κ1) is 20.9. The fourth-order valence-corrected chi connectivity index (χ4v) is 0.317. The highest BCUT2D eigenvalue weighted by Gasteiger charge is 1.92. The summed E-state index contributed by atoms with van der Waals surface area (Å²) in [7, 11) is 1.57. The Labute approximate surface area is 110 Å². The predicted molar refractivity (Wildman–Crippen MR) is 68.6 cm³/mol. The molecule has 0 spiro atoms. The van der Waals surface area contributed by atoms with Gasteiger partial charge in [0, 0.05) is 7.05 Å². The Morgan fingerprint density at radius 1 is 1.05 bits per heavy atom. The molecule has 0 bridgehead atoms. The van der Waals surface area contributed by atoms with E-state index in [1.54, 1.807) is 19.4 Å². The minimum Gasteiger partial charge on any atom is -0.370 e. The van der Waals surface area contributed by atoms with Gasteiger partial charge in [-0.25, -0.2) is 4.99 Å². The fourth-order valence-electron chi connectivity index (χ4n) is 0.317. The highest BCUT2D eigenvalue weighted by molar-refractivity contribution is 5.76. The van der Waals surface area contributed by atoms with E-state index in [1.807, 2.05) is 0 Å². The van der Waals surface area contributed by atoms with E-state index in [0.29, 0.717) is 0 Å². The summed E-state index contributed by atoms with van der Waals surface area (Å²) in [6.07, 6.45) is 3.83. The third-order valence-corrected chi connectivity index (χ3v) is 0.791. The number of hydrogen-bond donors (Lipinski definition) is 7. The third-order valence-electron chi connectivity index (χ3n) is 0.791. The van der Waals surface area contributed by atoms with Crippen LogP contribution in [0.15, 0.2) is 9.98 Å². The Hall–Kier alpha value is -3.43. The van der Waals surface area contributed by atoms with Crippen LogP contribution in [0.5, 0.6) is 0 Å². The number of nitriles is 3. The minimum atomic E-state index is -0.833. The number of nitrogens with one attached hydrogen (secondary N) is 2. The van der Waals surface area contributed by atoms with Crippen LogP contribution in [0.2, 0.25) is 0 Å². The lowest BCUT2D eigenvalue weighted by Crippen LogP contribution is -2.36. The molecule has 12 N–H and O–H groups in total. The Morgan fingerprint density at radius 3 is 1.68 bits per heavy atom. The van der Waals surface area contributed by atoms with Gasteiger partial charge in [-0.05, 0) is 0 Å². The van der Waals surface area contributed by atoms with Crippen LogP contribution in [0.4, 0.5) is 0 Å². The van der Waals surface area contributed by atoms with Gasteiger partial charge >= 0.3 is 0 Å². The van der Waals surface area contributed by atoms with Crippen molar-refractivity contribution >= 4 is 11.9 Å². The molecule has 0 aliphatic heterocycles. The van der Waals surface area contributed by atoms with E-state index >= 15 is 0 Å². The Morgan fingerprint density at radius 2 is 1.53 bits per heavy atom. The standard InChI is InChI=1S/C3H8N6.C2H4N4.C2H4N2/c4-1-8-3(7)9-2(5)6;3-1-6-2(4)5;1-4-2-3/h3,8H,7H2,(H4,5,6,9);(H4,4,5,6);4H,1H3. The topological polar surface area (TPSA) is 250 Å². The maximum absolute atomic E-state index is 7.96. The predicted octanol–water partition coefficient (Wildman–Crippen LogP) is -4.00. The SMILES string of the molecule is CNC#N.N#CN=C(N)N.N#CNC(N)N=C(N)N. The second-order valence-corrected chi connectivity index (χ2v) is 2.25. The average Bonchev–Trinajstić information content (AvgIpc) is 2.29. The zero-order valence-corrected chi connectivity index (χ0v) is 10.2. The quantitative estimate of drug-likeness (QED) is 0.0839. The van der Waals surface area contributed by atoms with Crippen molar-refractivity contribution in [2.75, 3.05) is 7.05 Å². The number of aliphatic imine (C=N–C) groups is 2. The first-order chi connectivity index (χ1) is 8.85. The van der Waals surface area contributed by atoms with Gasteiger partial charge in [0.2, 0.25) is 12.2 Å². The second kappa shape index (κ2) is 17.0. The fraction of sp³-hybridized carbons (Fsp3) is 0.286. The van der Waals surface area contributed by atoms with Gasteiger partial charge in [-0.2, -0.15) is 15.8 Å². The minimum absolute atomic E-state index is 0.148.